The van der Waals surface area contributed by atoms with Crippen LogP contribution in [-0.4, -0.2) is 0 Å². The smallest absolute Gasteiger partial charge is 0.0172 e. The minimum Gasteiger partial charge on any atom is -0.0985 e. The highest BCUT2D eigenvalue weighted by Crippen LogP contribution is 2.34. The van der Waals surface area contributed by atoms with E-state index in [1.54, 1.807) is 0 Å². The first-order valence-corrected chi connectivity index (χ1v) is 11.7. The highest BCUT2D eigenvalue weighted by Gasteiger charge is 2.12. The van der Waals surface area contributed by atoms with Gasteiger partial charge in [0.2, 0.25) is 0 Å². The van der Waals surface area contributed by atoms with Crippen molar-refractivity contribution >= 4 is 17.2 Å². The molecule has 0 atom stereocenters. The van der Waals surface area contributed by atoms with E-state index in [2.05, 4.69) is 101 Å². The summed E-state index contributed by atoms with van der Waals surface area (Å²) in [6.45, 7) is 21.0. The molecule has 32 heavy (non-hydrogen) atoms. The third kappa shape index (κ3) is 5.56. The number of rotatable bonds is 8. The van der Waals surface area contributed by atoms with Gasteiger partial charge in [-0.3, -0.25) is 0 Å². The summed E-state index contributed by atoms with van der Waals surface area (Å²) in [6.07, 6.45) is 14.2. The van der Waals surface area contributed by atoms with Gasteiger partial charge in [-0.2, -0.15) is 0 Å². The molecular weight excluding hydrogens is 384 g/mol. The first kappa shape index (κ1) is 23.5. The molecule has 0 fully saturated rings. The molecule has 0 amide bonds. The third-order valence-corrected chi connectivity index (χ3v) is 6.12. The van der Waals surface area contributed by atoms with Crippen LogP contribution in [0.1, 0.15) is 75.1 Å². The Balaban J connectivity index is 2.18. The van der Waals surface area contributed by atoms with Crippen LogP contribution in [0.4, 0.5) is 0 Å². The number of allylic oxidation sites excluding steroid dienone is 8. The number of hydrogen-bond acceptors (Lipinski definition) is 0. The molecular formula is C32H36. The Labute approximate surface area is 195 Å². The van der Waals surface area contributed by atoms with Gasteiger partial charge in [0, 0.05) is 0 Å². The fourth-order valence-electron chi connectivity index (χ4n) is 3.99. The molecule has 0 nitrogen and oxygen atoms in total. The van der Waals surface area contributed by atoms with Gasteiger partial charge in [0.1, 0.15) is 0 Å². The number of benzene rings is 2. The summed E-state index contributed by atoms with van der Waals surface area (Å²) in [6, 6.07) is 13.8. The van der Waals surface area contributed by atoms with Crippen molar-refractivity contribution in [3.8, 4) is 11.1 Å². The van der Waals surface area contributed by atoms with E-state index in [9.17, 15) is 0 Å². The molecule has 2 aromatic carbocycles. The maximum Gasteiger partial charge on any atom is -0.0172 e. The van der Waals surface area contributed by atoms with Crippen molar-refractivity contribution in [1.29, 1.82) is 0 Å². The molecule has 0 saturated carbocycles. The second kappa shape index (κ2) is 10.5. The molecule has 0 heteroatoms. The zero-order chi connectivity index (χ0) is 23.3. The van der Waals surface area contributed by atoms with Gasteiger partial charge < -0.3 is 0 Å². The largest absolute Gasteiger partial charge is 0.0985 e. The fraction of sp³-hybridized carbons (Fsp3) is 0.250. The highest BCUT2D eigenvalue weighted by atomic mass is 14.2. The first-order chi connectivity index (χ1) is 15.3. The maximum atomic E-state index is 4.19. The maximum absolute atomic E-state index is 4.19. The summed E-state index contributed by atoms with van der Waals surface area (Å²) >= 11 is 0. The normalized spacial score (nSPS) is 13.8. The Morgan fingerprint density at radius 2 is 1.69 bits per heavy atom. The highest BCUT2D eigenvalue weighted by molar-refractivity contribution is 5.82. The standard InChI is InChI=1S/C32H36/c1-8-25-16-29(27-13-11-10-12-14-27)20-30(17-25)32-19-28(23(5)6)18-31(21-32)26(9-2)15-24(7)22(3)4/h8,11,13-21,23H,1,3,7,9-10,12H2,2,4-6H3/b26-15+. The van der Waals surface area contributed by atoms with Gasteiger partial charge in [-0.1, -0.05) is 88.6 Å². The summed E-state index contributed by atoms with van der Waals surface area (Å²) in [5.41, 5.74) is 12.1. The van der Waals surface area contributed by atoms with E-state index >= 15 is 0 Å². The molecule has 0 aromatic heterocycles. The van der Waals surface area contributed by atoms with Crippen molar-refractivity contribution < 1.29 is 0 Å². The lowest BCUT2D eigenvalue weighted by Gasteiger charge is -2.16. The van der Waals surface area contributed by atoms with Crippen molar-refractivity contribution in [3.05, 3.63) is 114 Å². The minimum atomic E-state index is 0.446. The zero-order valence-corrected chi connectivity index (χ0v) is 20.2. The van der Waals surface area contributed by atoms with Gasteiger partial charge in [-0.05, 0) is 106 Å². The third-order valence-electron chi connectivity index (χ3n) is 6.12. The van der Waals surface area contributed by atoms with Gasteiger partial charge in [-0.15, -0.1) is 0 Å². The summed E-state index contributed by atoms with van der Waals surface area (Å²) in [5, 5.41) is 0. The molecule has 0 unspecified atom stereocenters. The summed E-state index contributed by atoms with van der Waals surface area (Å²) in [4.78, 5) is 0. The Bertz CT molecular complexity index is 1130. The second-order valence-corrected chi connectivity index (χ2v) is 9.01. The van der Waals surface area contributed by atoms with Gasteiger partial charge in [0.15, 0.2) is 0 Å². The molecule has 0 aliphatic heterocycles. The molecule has 164 valence electrons. The van der Waals surface area contributed by atoms with Crippen LogP contribution in [-0.2, 0) is 0 Å². The summed E-state index contributed by atoms with van der Waals surface area (Å²) in [5.74, 6) is 0.446. The Morgan fingerprint density at radius 3 is 2.28 bits per heavy atom. The molecule has 2 aromatic rings. The Kier molecular flexibility index (Phi) is 7.70. The van der Waals surface area contributed by atoms with Crippen LogP contribution in [0, 0.1) is 0 Å². The van der Waals surface area contributed by atoms with Gasteiger partial charge >= 0.3 is 0 Å². The predicted molar refractivity (Wildman–Crippen MR) is 145 cm³/mol. The lowest BCUT2D eigenvalue weighted by Crippen LogP contribution is -1.95. The quantitative estimate of drug-likeness (QED) is 0.373. The lowest BCUT2D eigenvalue weighted by atomic mass is 9.88. The van der Waals surface area contributed by atoms with Crippen LogP contribution in [0.25, 0.3) is 28.3 Å². The van der Waals surface area contributed by atoms with E-state index in [-0.39, 0.29) is 0 Å². The van der Waals surface area contributed by atoms with Crippen molar-refractivity contribution in [2.24, 2.45) is 0 Å². The lowest BCUT2D eigenvalue weighted by molar-refractivity contribution is 0.866. The molecule has 0 heterocycles. The van der Waals surface area contributed by atoms with Crippen molar-refractivity contribution in [1.82, 2.24) is 0 Å². The molecule has 0 spiro atoms. The Morgan fingerprint density at radius 1 is 0.969 bits per heavy atom. The van der Waals surface area contributed by atoms with E-state index in [1.165, 1.54) is 39.0 Å². The fourth-order valence-corrected chi connectivity index (χ4v) is 3.99. The van der Waals surface area contributed by atoms with Crippen LogP contribution in [0.3, 0.4) is 0 Å². The Hall–Kier alpha value is -3.12. The average Bonchev–Trinajstić information content (AvgIpc) is 2.82. The second-order valence-electron chi connectivity index (χ2n) is 9.01. The molecule has 3 rings (SSSR count). The van der Waals surface area contributed by atoms with Crippen LogP contribution in [0.2, 0.25) is 0 Å². The molecule has 0 saturated heterocycles. The van der Waals surface area contributed by atoms with E-state index in [0.717, 1.165) is 36.0 Å². The van der Waals surface area contributed by atoms with E-state index in [0.29, 0.717) is 5.92 Å². The minimum absolute atomic E-state index is 0.446. The molecule has 0 N–H and O–H groups in total. The van der Waals surface area contributed by atoms with Crippen molar-refractivity contribution in [2.45, 2.75) is 52.9 Å². The van der Waals surface area contributed by atoms with Crippen molar-refractivity contribution in [2.75, 3.05) is 0 Å². The zero-order valence-electron chi connectivity index (χ0n) is 20.2. The monoisotopic (exact) mass is 420 g/mol. The van der Waals surface area contributed by atoms with Gasteiger partial charge in [0.25, 0.3) is 0 Å². The topological polar surface area (TPSA) is 0 Å². The van der Waals surface area contributed by atoms with Gasteiger partial charge in [0.05, 0.1) is 0 Å². The SMILES string of the molecule is C=Cc1cc(C2=CCCC=C2)cc(-c2cc(/C(=C/C(=C)C(=C)C)CC)cc(C(C)C)c2)c1. The summed E-state index contributed by atoms with van der Waals surface area (Å²) in [7, 11) is 0. The van der Waals surface area contributed by atoms with Crippen LogP contribution in [0.15, 0.2) is 91.6 Å². The molecule has 0 radical (unpaired) electrons. The van der Waals surface area contributed by atoms with Crippen molar-refractivity contribution in [3.63, 3.8) is 0 Å². The van der Waals surface area contributed by atoms with Crippen LogP contribution < -0.4 is 0 Å². The van der Waals surface area contributed by atoms with E-state index in [4.69, 9.17) is 0 Å². The average molecular weight is 421 g/mol. The summed E-state index contributed by atoms with van der Waals surface area (Å²) < 4.78 is 0. The predicted octanol–water partition coefficient (Wildman–Crippen LogP) is 9.78. The number of hydrogen-bond donors (Lipinski definition) is 0. The van der Waals surface area contributed by atoms with E-state index < -0.39 is 0 Å². The van der Waals surface area contributed by atoms with E-state index in [1.807, 2.05) is 13.0 Å². The molecule has 1 aliphatic carbocycles. The molecule has 0 bridgehead atoms. The van der Waals surface area contributed by atoms with Crippen LogP contribution >= 0.6 is 0 Å². The van der Waals surface area contributed by atoms with Crippen LogP contribution in [0.5, 0.6) is 0 Å². The van der Waals surface area contributed by atoms with Gasteiger partial charge in [-0.25, -0.2) is 0 Å². The molecule has 1 aliphatic rings. The first-order valence-electron chi connectivity index (χ1n) is 11.7.